The average molecular weight is 208 g/mol. The monoisotopic (exact) mass is 208 g/mol. The van der Waals surface area contributed by atoms with Gasteiger partial charge in [0, 0.05) is 5.41 Å². The molecule has 1 aliphatic carbocycles. The smallest absolute Gasteiger partial charge is 0.304 e. The van der Waals surface area contributed by atoms with E-state index in [-0.39, 0.29) is 11.8 Å². The molecular formula is C12H13FO2. The van der Waals surface area contributed by atoms with Crippen molar-refractivity contribution < 1.29 is 14.3 Å². The first-order valence-corrected chi connectivity index (χ1v) is 5.03. The Morgan fingerprint density at radius 2 is 2.20 bits per heavy atom. The van der Waals surface area contributed by atoms with Gasteiger partial charge in [-0.05, 0) is 24.0 Å². The maximum absolute atomic E-state index is 12.5. The lowest BCUT2D eigenvalue weighted by Crippen LogP contribution is -2.13. The Morgan fingerprint density at radius 3 is 2.73 bits per heavy atom. The number of alkyl halides is 1. The van der Waals surface area contributed by atoms with Crippen LogP contribution in [-0.4, -0.2) is 11.1 Å². The number of carboxylic acids is 1. The van der Waals surface area contributed by atoms with E-state index >= 15 is 0 Å². The molecule has 0 aromatic heterocycles. The van der Waals surface area contributed by atoms with Crippen molar-refractivity contribution >= 4 is 5.97 Å². The third kappa shape index (κ3) is 2.01. The highest BCUT2D eigenvalue weighted by atomic mass is 19.1. The normalized spacial score (nSPS) is 17.4. The summed E-state index contributed by atoms with van der Waals surface area (Å²) in [5.74, 6) is -0.779. The van der Waals surface area contributed by atoms with Crippen LogP contribution in [0.5, 0.6) is 0 Å². The molecule has 0 spiro atoms. The van der Waals surface area contributed by atoms with Crippen molar-refractivity contribution in [1.82, 2.24) is 0 Å². The summed E-state index contributed by atoms with van der Waals surface area (Å²) in [5.41, 5.74) is 1.39. The van der Waals surface area contributed by atoms with Crippen LogP contribution in [0, 0.1) is 0 Å². The van der Waals surface area contributed by atoms with Crippen LogP contribution in [0.4, 0.5) is 4.39 Å². The highest BCUT2D eigenvalue weighted by Gasteiger charge is 2.45. The Morgan fingerprint density at radius 1 is 1.47 bits per heavy atom. The minimum atomic E-state index is -0.779. The van der Waals surface area contributed by atoms with Crippen LogP contribution < -0.4 is 0 Å². The number of benzene rings is 1. The largest absolute Gasteiger partial charge is 0.481 e. The van der Waals surface area contributed by atoms with E-state index in [2.05, 4.69) is 0 Å². The number of carbonyl (C=O) groups is 1. The van der Waals surface area contributed by atoms with Crippen LogP contribution >= 0.6 is 0 Å². The SMILES string of the molecule is O=C(O)CC1(c2cccc(CF)c2)CC1. The van der Waals surface area contributed by atoms with Gasteiger partial charge in [0.1, 0.15) is 6.67 Å². The van der Waals surface area contributed by atoms with E-state index in [1.165, 1.54) is 0 Å². The van der Waals surface area contributed by atoms with Crippen LogP contribution in [0.3, 0.4) is 0 Å². The van der Waals surface area contributed by atoms with Gasteiger partial charge in [-0.15, -0.1) is 0 Å². The zero-order chi connectivity index (χ0) is 10.9. The molecule has 1 fully saturated rings. The van der Waals surface area contributed by atoms with Gasteiger partial charge in [-0.1, -0.05) is 24.3 Å². The Labute approximate surface area is 87.7 Å². The second-order valence-corrected chi connectivity index (χ2v) is 4.18. The van der Waals surface area contributed by atoms with Crippen LogP contribution in [0.25, 0.3) is 0 Å². The lowest BCUT2D eigenvalue weighted by Gasteiger charge is -2.13. The molecule has 2 nitrogen and oxygen atoms in total. The highest BCUT2D eigenvalue weighted by molar-refractivity contribution is 5.70. The Hall–Kier alpha value is -1.38. The zero-order valence-corrected chi connectivity index (χ0v) is 8.37. The third-order valence-corrected chi connectivity index (χ3v) is 3.04. The van der Waals surface area contributed by atoms with E-state index < -0.39 is 12.6 Å². The fourth-order valence-corrected chi connectivity index (χ4v) is 1.99. The van der Waals surface area contributed by atoms with E-state index in [9.17, 15) is 9.18 Å². The van der Waals surface area contributed by atoms with Gasteiger partial charge in [0.2, 0.25) is 0 Å². The van der Waals surface area contributed by atoms with Crippen molar-refractivity contribution in [3.05, 3.63) is 35.4 Å². The minimum absolute atomic E-state index is 0.155. The second-order valence-electron chi connectivity index (χ2n) is 4.18. The fourth-order valence-electron chi connectivity index (χ4n) is 1.99. The van der Waals surface area contributed by atoms with Gasteiger partial charge < -0.3 is 5.11 Å². The molecule has 0 aliphatic heterocycles. The molecule has 0 amide bonds. The minimum Gasteiger partial charge on any atom is -0.481 e. The average Bonchev–Trinajstić information content (AvgIpc) is 2.98. The molecule has 0 heterocycles. The molecule has 0 unspecified atom stereocenters. The first-order chi connectivity index (χ1) is 7.16. The molecule has 15 heavy (non-hydrogen) atoms. The summed E-state index contributed by atoms with van der Waals surface area (Å²) in [6, 6.07) is 7.21. The molecule has 1 aromatic carbocycles. The third-order valence-electron chi connectivity index (χ3n) is 3.04. The summed E-state index contributed by atoms with van der Waals surface area (Å²) in [6.45, 7) is -0.489. The van der Waals surface area contributed by atoms with Gasteiger partial charge in [-0.25, -0.2) is 4.39 Å². The zero-order valence-electron chi connectivity index (χ0n) is 8.37. The molecule has 1 saturated carbocycles. The molecule has 1 N–H and O–H groups in total. The maximum atomic E-state index is 12.5. The second kappa shape index (κ2) is 3.65. The fraction of sp³-hybridized carbons (Fsp3) is 0.417. The standard InChI is InChI=1S/C12H13FO2/c13-8-9-2-1-3-10(6-9)12(4-5-12)7-11(14)15/h1-3,6H,4-5,7-8H2,(H,14,15). The highest BCUT2D eigenvalue weighted by Crippen LogP contribution is 2.51. The van der Waals surface area contributed by atoms with Crippen LogP contribution in [-0.2, 0) is 16.9 Å². The van der Waals surface area contributed by atoms with E-state index in [0.717, 1.165) is 18.4 Å². The Bertz CT molecular complexity index is 383. The maximum Gasteiger partial charge on any atom is 0.304 e. The summed E-state index contributed by atoms with van der Waals surface area (Å²) < 4.78 is 12.5. The number of halogens is 1. The Balaban J connectivity index is 2.25. The van der Waals surface area contributed by atoms with E-state index in [1.807, 2.05) is 6.07 Å². The first-order valence-electron chi connectivity index (χ1n) is 5.03. The number of hydrogen-bond donors (Lipinski definition) is 1. The van der Waals surface area contributed by atoms with E-state index in [1.54, 1.807) is 18.2 Å². The summed E-state index contributed by atoms with van der Waals surface area (Å²) >= 11 is 0. The van der Waals surface area contributed by atoms with Gasteiger partial charge in [0.15, 0.2) is 0 Å². The summed E-state index contributed by atoms with van der Waals surface area (Å²) in [5, 5.41) is 8.80. The first kappa shape index (κ1) is 10.1. The Kier molecular flexibility index (Phi) is 2.47. The topological polar surface area (TPSA) is 37.3 Å². The van der Waals surface area contributed by atoms with Crippen molar-refractivity contribution in [3.63, 3.8) is 0 Å². The predicted octanol–water partition coefficient (Wildman–Crippen LogP) is 2.66. The van der Waals surface area contributed by atoms with Gasteiger partial charge in [-0.2, -0.15) is 0 Å². The van der Waals surface area contributed by atoms with E-state index in [4.69, 9.17) is 5.11 Å². The van der Waals surface area contributed by atoms with Crippen LogP contribution in [0.15, 0.2) is 24.3 Å². The summed E-state index contributed by atoms with van der Waals surface area (Å²) in [6.07, 6.45) is 1.95. The van der Waals surface area contributed by atoms with Gasteiger partial charge in [0.05, 0.1) is 6.42 Å². The van der Waals surface area contributed by atoms with Gasteiger partial charge in [0.25, 0.3) is 0 Å². The van der Waals surface area contributed by atoms with Crippen molar-refractivity contribution in [3.8, 4) is 0 Å². The molecule has 1 aliphatic rings. The molecule has 1 aromatic rings. The number of rotatable bonds is 4. The number of carboxylic acid groups (broad SMARTS) is 1. The van der Waals surface area contributed by atoms with Crippen LogP contribution in [0.1, 0.15) is 30.4 Å². The molecule has 0 atom stereocenters. The molecule has 0 radical (unpaired) electrons. The van der Waals surface area contributed by atoms with Crippen LogP contribution in [0.2, 0.25) is 0 Å². The molecule has 3 heteroatoms. The van der Waals surface area contributed by atoms with Gasteiger partial charge in [-0.3, -0.25) is 4.79 Å². The predicted molar refractivity (Wildman–Crippen MR) is 54.4 cm³/mol. The number of aliphatic carboxylic acids is 1. The summed E-state index contributed by atoms with van der Waals surface area (Å²) in [7, 11) is 0. The van der Waals surface area contributed by atoms with Crippen molar-refractivity contribution in [2.75, 3.05) is 0 Å². The van der Waals surface area contributed by atoms with Crippen molar-refractivity contribution in [2.45, 2.75) is 31.4 Å². The van der Waals surface area contributed by atoms with Gasteiger partial charge >= 0.3 is 5.97 Å². The molecular weight excluding hydrogens is 195 g/mol. The quantitative estimate of drug-likeness (QED) is 0.825. The lowest BCUT2D eigenvalue weighted by molar-refractivity contribution is -0.137. The lowest BCUT2D eigenvalue weighted by atomic mass is 9.91. The van der Waals surface area contributed by atoms with Crippen molar-refractivity contribution in [1.29, 1.82) is 0 Å². The number of hydrogen-bond acceptors (Lipinski definition) is 1. The summed E-state index contributed by atoms with van der Waals surface area (Å²) in [4.78, 5) is 10.7. The van der Waals surface area contributed by atoms with Crippen molar-refractivity contribution in [2.24, 2.45) is 0 Å². The molecule has 80 valence electrons. The molecule has 2 rings (SSSR count). The molecule has 0 saturated heterocycles. The molecule has 0 bridgehead atoms. The van der Waals surface area contributed by atoms with E-state index in [0.29, 0.717) is 5.56 Å².